The second kappa shape index (κ2) is 3.83. The van der Waals surface area contributed by atoms with Gasteiger partial charge >= 0.3 is 6.18 Å². The van der Waals surface area contributed by atoms with Crippen LogP contribution in [0.2, 0.25) is 0 Å². The molecule has 0 bridgehead atoms. The van der Waals surface area contributed by atoms with Gasteiger partial charge in [-0.25, -0.2) is 8.78 Å². The first-order valence-corrected chi connectivity index (χ1v) is 5.03. The molecule has 0 atom stereocenters. The average Bonchev–Trinajstić information content (AvgIpc) is 3.03. The third-order valence-corrected chi connectivity index (χ3v) is 2.83. The maximum atomic E-state index is 13.4. The first-order valence-electron chi connectivity index (χ1n) is 5.03. The Morgan fingerprint density at radius 3 is 2.00 bits per heavy atom. The molecule has 96 valence electrons. The second-order valence-corrected chi connectivity index (χ2v) is 4.13. The summed E-state index contributed by atoms with van der Waals surface area (Å²) in [6, 6.07) is 2.90. The van der Waals surface area contributed by atoms with Gasteiger partial charge in [-0.1, -0.05) is 0 Å². The van der Waals surface area contributed by atoms with E-state index in [-0.39, 0.29) is 18.4 Å². The molecule has 0 aliphatic heterocycles. The van der Waals surface area contributed by atoms with E-state index in [0.717, 1.165) is 0 Å². The molecule has 0 radical (unpaired) electrons. The minimum atomic E-state index is -4.57. The van der Waals surface area contributed by atoms with Gasteiger partial charge in [0.15, 0.2) is 11.6 Å². The second-order valence-electron chi connectivity index (χ2n) is 4.13. The number of hydrogen-bond donors (Lipinski definition) is 1. The molecule has 1 fully saturated rings. The zero-order valence-corrected chi connectivity index (χ0v) is 8.91. The number of nitrogens with one attached hydrogen (secondary N) is 1. The minimum absolute atomic E-state index is 0.227. The van der Waals surface area contributed by atoms with Gasteiger partial charge in [-0.3, -0.25) is 0 Å². The molecular formula is C11H7F5N2. The van der Waals surface area contributed by atoms with Crippen molar-refractivity contribution in [1.82, 2.24) is 0 Å². The summed E-state index contributed by atoms with van der Waals surface area (Å²) in [7, 11) is 0. The van der Waals surface area contributed by atoms with E-state index in [0.29, 0.717) is 12.1 Å². The van der Waals surface area contributed by atoms with E-state index < -0.39 is 29.0 Å². The topological polar surface area (TPSA) is 35.8 Å². The molecule has 0 saturated heterocycles. The van der Waals surface area contributed by atoms with Crippen LogP contribution < -0.4 is 5.32 Å². The highest BCUT2D eigenvalue weighted by Gasteiger charge is 2.63. The summed E-state index contributed by atoms with van der Waals surface area (Å²) in [5.74, 6) is -2.41. The SMILES string of the molecule is N#Cc1cc(F)c(NC2(C(F)(F)F)CC2)c(F)c1. The Bertz CT molecular complexity index is 502. The number of rotatable bonds is 2. The molecule has 7 heteroatoms. The van der Waals surface area contributed by atoms with Crippen molar-refractivity contribution in [2.75, 3.05) is 5.32 Å². The van der Waals surface area contributed by atoms with Crippen LogP contribution in [0.3, 0.4) is 0 Å². The quantitative estimate of drug-likeness (QED) is 0.830. The van der Waals surface area contributed by atoms with Gasteiger partial charge < -0.3 is 5.32 Å². The lowest BCUT2D eigenvalue weighted by Gasteiger charge is -2.22. The van der Waals surface area contributed by atoms with E-state index in [9.17, 15) is 22.0 Å². The Morgan fingerprint density at radius 2 is 1.67 bits per heavy atom. The smallest absolute Gasteiger partial charge is 0.367 e. The Hall–Kier alpha value is -1.84. The molecule has 1 aliphatic carbocycles. The van der Waals surface area contributed by atoms with Gasteiger partial charge in [0.1, 0.15) is 11.2 Å². The Labute approximate surface area is 99.0 Å². The van der Waals surface area contributed by atoms with E-state index in [4.69, 9.17) is 5.26 Å². The van der Waals surface area contributed by atoms with Crippen molar-refractivity contribution < 1.29 is 22.0 Å². The molecule has 0 heterocycles. The van der Waals surface area contributed by atoms with E-state index in [2.05, 4.69) is 0 Å². The lowest BCUT2D eigenvalue weighted by molar-refractivity contribution is -0.151. The first-order chi connectivity index (χ1) is 8.29. The fourth-order valence-electron chi connectivity index (χ4n) is 1.60. The molecule has 1 aromatic rings. The van der Waals surface area contributed by atoms with Crippen LogP contribution in [0.1, 0.15) is 18.4 Å². The highest BCUT2D eigenvalue weighted by molar-refractivity contribution is 5.53. The van der Waals surface area contributed by atoms with Crippen LogP contribution in [-0.2, 0) is 0 Å². The number of benzene rings is 1. The van der Waals surface area contributed by atoms with Gasteiger partial charge in [-0.15, -0.1) is 0 Å². The van der Waals surface area contributed by atoms with Crippen LogP contribution in [-0.4, -0.2) is 11.7 Å². The first kappa shape index (κ1) is 12.6. The zero-order valence-electron chi connectivity index (χ0n) is 8.91. The van der Waals surface area contributed by atoms with Crippen molar-refractivity contribution in [3.05, 3.63) is 29.3 Å². The monoisotopic (exact) mass is 262 g/mol. The van der Waals surface area contributed by atoms with Crippen molar-refractivity contribution in [3.63, 3.8) is 0 Å². The predicted octanol–water partition coefficient (Wildman–Crippen LogP) is 3.34. The summed E-state index contributed by atoms with van der Waals surface area (Å²) < 4.78 is 64.7. The summed E-state index contributed by atoms with van der Waals surface area (Å²) in [5, 5.41) is 10.3. The maximum absolute atomic E-state index is 13.4. The third-order valence-electron chi connectivity index (χ3n) is 2.83. The molecule has 0 aromatic heterocycles. The Balaban J connectivity index is 2.34. The van der Waals surface area contributed by atoms with E-state index in [1.807, 2.05) is 5.32 Å². The van der Waals surface area contributed by atoms with Crippen molar-refractivity contribution in [3.8, 4) is 6.07 Å². The summed E-state index contributed by atoms with van der Waals surface area (Å²) in [5.41, 5.74) is -3.38. The molecule has 0 amide bonds. The van der Waals surface area contributed by atoms with Gasteiger partial charge in [-0.05, 0) is 25.0 Å². The van der Waals surface area contributed by atoms with Gasteiger partial charge in [0, 0.05) is 0 Å². The van der Waals surface area contributed by atoms with Gasteiger partial charge in [0.05, 0.1) is 11.6 Å². The van der Waals surface area contributed by atoms with Gasteiger partial charge in [-0.2, -0.15) is 18.4 Å². The summed E-state index contributed by atoms with van der Waals surface area (Å²) >= 11 is 0. The fraction of sp³-hybridized carbons (Fsp3) is 0.364. The molecule has 2 rings (SSSR count). The number of nitriles is 1. The van der Waals surface area contributed by atoms with Crippen molar-refractivity contribution in [1.29, 1.82) is 5.26 Å². The highest BCUT2D eigenvalue weighted by atomic mass is 19.4. The Morgan fingerprint density at radius 1 is 1.17 bits per heavy atom. The number of anilines is 1. The van der Waals surface area contributed by atoms with Crippen molar-refractivity contribution in [2.24, 2.45) is 0 Å². The standard InChI is InChI=1S/C11H7F5N2/c12-7-3-6(5-17)4-8(13)9(7)18-10(1-2-10)11(14,15)16/h3-4,18H,1-2H2. The molecule has 2 nitrogen and oxygen atoms in total. The number of nitrogens with zero attached hydrogens (tertiary/aromatic N) is 1. The molecular weight excluding hydrogens is 255 g/mol. The summed E-state index contributed by atoms with van der Waals surface area (Å²) in [6.07, 6.45) is -5.02. The average molecular weight is 262 g/mol. The van der Waals surface area contributed by atoms with Crippen LogP contribution >= 0.6 is 0 Å². The maximum Gasteiger partial charge on any atom is 0.411 e. The van der Waals surface area contributed by atoms with E-state index in [1.165, 1.54) is 6.07 Å². The predicted molar refractivity (Wildman–Crippen MR) is 52.7 cm³/mol. The van der Waals surface area contributed by atoms with Crippen LogP contribution in [0.5, 0.6) is 0 Å². The molecule has 1 saturated carbocycles. The lowest BCUT2D eigenvalue weighted by Crippen LogP contribution is -2.39. The number of alkyl halides is 3. The number of hydrogen-bond acceptors (Lipinski definition) is 2. The summed E-state index contributed by atoms with van der Waals surface area (Å²) in [4.78, 5) is 0. The Kier molecular flexibility index (Phi) is 2.69. The molecule has 1 N–H and O–H groups in total. The molecule has 18 heavy (non-hydrogen) atoms. The number of halogens is 5. The van der Waals surface area contributed by atoms with Crippen LogP contribution in [0.4, 0.5) is 27.6 Å². The van der Waals surface area contributed by atoms with Crippen LogP contribution in [0, 0.1) is 23.0 Å². The van der Waals surface area contributed by atoms with Crippen molar-refractivity contribution in [2.45, 2.75) is 24.6 Å². The normalized spacial score (nSPS) is 17.1. The van der Waals surface area contributed by atoms with Gasteiger partial charge in [0.25, 0.3) is 0 Å². The molecule has 1 aromatic carbocycles. The molecule has 0 unspecified atom stereocenters. The van der Waals surface area contributed by atoms with E-state index in [1.54, 1.807) is 0 Å². The summed E-state index contributed by atoms with van der Waals surface area (Å²) in [6.45, 7) is 0. The van der Waals surface area contributed by atoms with Crippen LogP contribution in [0.15, 0.2) is 12.1 Å². The van der Waals surface area contributed by atoms with Crippen molar-refractivity contribution >= 4 is 5.69 Å². The fourth-order valence-corrected chi connectivity index (χ4v) is 1.60. The third kappa shape index (κ3) is 1.98. The zero-order chi connectivity index (χ0) is 13.6. The largest absolute Gasteiger partial charge is 0.411 e. The van der Waals surface area contributed by atoms with E-state index >= 15 is 0 Å². The molecule has 0 spiro atoms. The lowest BCUT2D eigenvalue weighted by atomic mass is 10.1. The van der Waals surface area contributed by atoms with Crippen LogP contribution in [0.25, 0.3) is 0 Å². The molecule has 1 aliphatic rings. The van der Waals surface area contributed by atoms with Gasteiger partial charge in [0.2, 0.25) is 0 Å². The highest BCUT2D eigenvalue weighted by Crippen LogP contribution is 2.51. The minimum Gasteiger partial charge on any atom is -0.367 e.